The van der Waals surface area contributed by atoms with Gasteiger partial charge >= 0.3 is 0 Å². The number of hydrogen-bond donors (Lipinski definition) is 0. The Balaban J connectivity index is 0.000000144. The van der Waals surface area contributed by atoms with Gasteiger partial charge < -0.3 is 4.74 Å². The third-order valence-electron chi connectivity index (χ3n) is 8.09. The Morgan fingerprint density at radius 2 is 1.09 bits per heavy atom. The summed E-state index contributed by atoms with van der Waals surface area (Å²) in [6, 6.07) is 8.95. The molecule has 32 heavy (non-hydrogen) atoms. The molecule has 4 aliphatic rings. The summed E-state index contributed by atoms with van der Waals surface area (Å²) in [6.07, 6.45) is 17.2. The van der Waals surface area contributed by atoms with Crippen LogP contribution in [0.5, 0.6) is 5.75 Å². The van der Waals surface area contributed by atoms with Crippen LogP contribution in [0.2, 0.25) is 0 Å². The van der Waals surface area contributed by atoms with E-state index in [0.717, 1.165) is 24.2 Å². The molecule has 4 bridgehead atoms. The lowest BCUT2D eigenvalue weighted by Crippen LogP contribution is -2.04. The minimum Gasteiger partial charge on any atom is -0.493 e. The first kappa shape index (κ1) is 21.6. The van der Waals surface area contributed by atoms with Crippen LogP contribution >= 0.6 is 0 Å². The van der Waals surface area contributed by atoms with Gasteiger partial charge in [0.1, 0.15) is 5.75 Å². The first-order valence-electron chi connectivity index (χ1n) is 12.8. The second kappa shape index (κ2) is 8.93. The first-order valence-corrected chi connectivity index (χ1v) is 12.8. The predicted octanol–water partition coefficient (Wildman–Crippen LogP) is 8.54. The third kappa shape index (κ3) is 3.74. The molecule has 0 fully saturated rings. The zero-order valence-electron chi connectivity index (χ0n) is 20.3. The van der Waals surface area contributed by atoms with E-state index in [1.54, 1.807) is 16.7 Å². The number of benzene rings is 2. The fourth-order valence-electron chi connectivity index (χ4n) is 6.53. The van der Waals surface area contributed by atoms with E-state index in [4.69, 9.17) is 4.74 Å². The fourth-order valence-corrected chi connectivity index (χ4v) is 6.53. The van der Waals surface area contributed by atoms with Crippen LogP contribution in [0.3, 0.4) is 0 Å². The number of ether oxygens (including phenoxy) is 1. The van der Waals surface area contributed by atoms with E-state index in [1.165, 1.54) is 60.8 Å². The fraction of sp³-hybridized carbons (Fsp3) is 0.484. The van der Waals surface area contributed by atoms with Gasteiger partial charge in [0.25, 0.3) is 0 Å². The van der Waals surface area contributed by atoms with E-state index in [2.05, 4.69) is 76.3 Å². The van der Waals surface area contributed by atoms with E-state index >= 15 is 0 Å². The first-order chi connectivity index (χ1) is 15.6. The van der Waals surface area contributed by atoms with Crippen LogP contribution in [0, 0.1) is 20.8 Å². The molecule has 4 atom stereocenters. The highest BCUT2D eigenvalue weighted by Gasteiger charge is 2.36. The van der Waals surface area contributed by atoms with E-state index in [-0.39, 0.29) is 0 Å². The van der Waals surface area contributed by atoms with Gasteiger partial charge in [0.05, 0.1) is 6.61 Å². The van der Waals surface area contributed by atoms with Crippen molar-refractivity contribution < 1.29 is 4.74 Å². The van der Waals surface area contributed by atoms with Crippen LogP contribution in [-0.4, -0.2) is 6.61 Å². The largest absolute Gasteiger partial charge is 0.493 e. The molecule has 6 rings (SSSR count). The van der Waals surface area contributed by atoms with E-state index in [1.807, 2.05) is 0 Å². The van der Waals surface area contributed by atoms with Crippen molar-refractivity contribution in [2.45, 2.75) is 89.9 Å². The molecular weight excluding hydrogens is 388 g/mol. The Bertz CT molecular complexity index is 1020. The van der Waals surface area contributed by atoms with Crippen LogP contribution in [0.25, 0.3) is 0 Å². The summed E-state index contributed by atoms with van der Waals surface area (Å²) in [5, 5.41) is 0. The SMILES string of the molecule is CCCCCCOc1ccc(C)c2c1C1C=CC2C1.Cc1ccc(C)c2c1C1C=CC2C1. The van der Waals surface area contributed by atoms with Crippen molar-refractivity contribution in [1.29, 1.82) is 0 Å². The monoisotopic (exact) mass is 426 g/mol. The number of allylic oxidation sites excluding steroid dienone is 4. The van der Waals surface area contributed by atoms with Crippen LogP contribution in [0.15, 0.2) is 48.6 Å². The average Bonchev–Trinajstić information content (AvgIpc) is 3.59. The zero-order chi connectivity index (χ0) is 22.2. The van der Waals surface area contributed by atoms with Crippen LogP contribution in [0.4, 0.5) is 0 Å². The van der Waals surface area contributed by atoms with Gasteiger partial charge in [-0.3, -0.25) is 0 Å². The molecule has 1 heteroatoms. The topological polar surface area (TPSA) is 9.23 Å². The molecule has 0 radical (unpaired) electrons. The summed E-state index contributed by atoms with van der Waals surface area (Å²) in [4.78, 5) is 0. The van der Waals surface area contributed by atoms with Gasteiger partial charge in [0.15, 0.2) is 0 Å². The molecule has 2 aromatic carbocycles. The van der Waals surface area contributed by atoms with Gasteiger partial charge in [0.2, 0.25) is 0 Å². The second-order valence-electron chi connectivity index (χ2n) is 10.3. The van der Waals surface area contributed by atoms with Gasteiger partial charge in [0, 0.05) is 29.2 Å². The summed E-state index contributed by atoms with van der Waals surface area (Å²) in [7, 11) is 0. The maximum Gasteiger partial charge on any atom is 0.123 e. The third-order valence-corrected chi connectivity index (χ3v) is 8.09. The Hall–Kier alpha value is -2.28. The lowest BCUT2D eigenvalue weighted by molar-refractivity contribution is 0.301. The quantitative estimate of drug-likeness (QED) is 0.332. The number of hydrogen-bond acceptors (Lipinski definition) is 1. The van der Waals surface area contributed by atoms with Crippen molar-refractivity contribution in [2.24, 2.45) is 0 Å². The molecule has 4 aliphatic carbocycles. The Labute approximate surface area is 194 Å². The van der Waals surface area contributed by atoms with Crippen molar-refractivity contribution in [3.05, 3.63) is 87.5 Å². The highest BCUT2D eigenvalue weighted by Crippen LogP contribution is 2.53. The van der Waals surface area contributed by atoms with Gasteiger partial charge in [-0.2, -0.15) is 0 Å². The normalized spacial score (nSPS) is 25.0. The summed E-state index contributed by atoms with van der Waals surface area (Å²) >= 11 is 0. The number of fused-ring (bicyclic) bond motifs is 10. The van der Waals surface area contributed by atoms with Gasteiger partial charge in [-0.1, -0.05) is 68.7 Å². The Morgan fingerprint density at radius 3 is 1.62 bits per heavy atom. The van der Waals surface area contributed by atoms with Gasteiger partial charge in [-0.15, -0.1) is 0 Å². The standard InChI is InChI=1S/C18H24O.C13H14/c1-3-4-5-6-11-19-16-10-7-13(2)17-14-8-9-15(12-14)18(16)17;1-8-3-4-9(2)13-11-6-5-10(7-11)12(8)13/h7-10,14-15H,3-6,11-12H2,1-2H3;3-6,10-11H,7H2,1-2H3. The smallest absolute Gasteiger partial charge is 0.123 e. The summed E-state index contributed by atoms with van der Waals surface area (Å²) < 4.78 is 6.07. The maximum atomic E-state index is 6.07. The highest BCUT2D eigenvalue weighted by atomic mass is 16.5. The average molecular weight is 427 g/mol. The number of unbranched alkanes of at least 4 members (excludes halogenated alkanes) is 3. The summed E-state index contributed by atoms with van der Waals surface area (Å²) in [5.74, 6) is 3.89. The Kier molecular flexibility index (Phi) is 6.01. The maximum absolute atomic E-state index is 6.07. The molecule has 1 nitrogen and oxygen atoms in total. The number of aryl methyl sites for hydroxylation is 3. The van der Waals surface area contributed by atoms with Gasteiger partial charge in [-0.05, 0) is 79.5 Å². The van der Waals surface area contributed by atoms with Crippen molar-refractivity contribution in [1.82, 2.24) is 0 Å². The Morgan fingerprint density at radius 1 is 0.625 bits per heavy atom. The molecule has 0 spiro atoms. The predicted molar refractivity (Wildman–Crippen MR) is 135 cm³/mol. The van der Waals surface area contributed by atoms with Crippen LogP contribution in [0.1, 0.15) is 108 Å². The van der Waals surface area contributed by atoms with E-state index in [0.29, 0.717) is 11.8 Å². The molecule has 0 aromatic heterocycles. The number of rotatable bonds is 6. The zero-order valence-corrected chi connectivity index (χ0v) is 20.3. The molecule has 0 saturated heterocycles. The molecule has 0 N–H and O–H groups in total. The van der Waals surface area contributed by atoms with Gasteiger partial charge in [-0.25, -0.2) is 0 Å². The van der Waals surface area contributed by atoms with Crippen molar-refractivity contribution in [3.8, 4) is 5.75 Å². The molecular formula is C31H38O. The molecule has 2 aromatic rings. The van der Waals surface area contributed by atoms with Crippen LogP contribution in [-0.2, 0) is 0 Å². The van der Waals surface area contributed by atoms with Crippen molar-refractivity contribution in [2.75, 3.05) is 6.61 Å². The van der Waals surface area contributed by atoms with Crippen molar-refractivity contribution in [3.63, 3.8) is 0 Å². The van der Waals surface area contributed by atoms with E-state index in [9.17, 15) is 0 Å². The molecule has 0 aliphatic heterocycles. The molecule has 168 valence electrons. The molecule has 4 unspecified atom stereocenters. The summed E-state index contributed by atoms with van der Waals surface area (Å²) in [5.41, 5.74) is 10.7. The molecule has 0 heterocycles. The lowest BCUT2D eigenvalue weighted by atomic mass is 9.90. The molecule has 0 amide bonds. The lowest BCUT2D eigenvalue weighted by Gasteiger charge is -2.18. The highest BCUT2D eigenvalue weighted by molar-refractivity contribution is 5.57. The van der Waals surface area contributed by atoms with Crippen molar-refractivity contribution >= 4 is 0 Å². The van der Waals surface area contributed by atoms with Crippen LogP contribution < -0.4 is 4.74 Å². The second-order valence-corrected chi connectivity index (χ2v) is 10.3. The summed E-state index contributed by atoms with van der Waals surface area (Å²) in [6.45, 7) is 9.84. The van der Waals surface area contributed by atoms with E-state index < -0.39 is 0 Å². The minimum absolute atomic E-state index is 0.616. The molecule has 0 saturated carbocycles. The minimum atomic E-state index is 0.616.